The first kappa shape index (κ1) is 14.5. The molecule has 0 atom stereocenters. The zero-order chi connectivity index (χ0) is 15.0. The molecule has 1 aliphatic heterocycles. The zero-order valence-corrected chi connectivity index (χ0v) is 12.6. The Bertz CT molecular complexity index is 561. The van der Waals surface area contributed by atoms with Gasteiger partial charge in [0.05, 0.1) is 24.9 Å². The summed E-state index contributed by atoms with van der Waals surface area (Å²) in [5, 5.41) is 14.7. The first-order valence-corrected chi connectivity index (χ1v) is 7.80. The standard InChI is InChI=1S/C14H18N2O4S/c1-20-13(18)12-10(4-5-21-12)15-11(17)6-16-7-14(19,8-16)9-2-3-9/h4-5,9,19H,2-3,6-8H2,1H3,(H,15,17). The molecule has 1 aromatic heterocycles. The van der Waals surface area contributed by atoms with Crippen LogP contribution in [0.4, 0.5) is 5.69 Å². The van der Waals surface area contributed by atoms with Gasteiger partial charge < -0.3 is 15.2 Å². The number of aliphatic hydroxyl groups is 1. The first-order chi connectivity index (χ1) is 10.0. The van der Waals surface area contributed by atoms with Gasteiger partial charge in [0.1, 0.15) is 4.88 Å². The monoisotopic (exact) mass is 310 g/mol. The van der Waals surface area contributed by atoms with E-state index in [1.165, 1.54) is 18.4 Å². The second-order valence-corrected chi connectivity index (χ2v) is 6.64. The number of nitrogens with zero attached hydrogens (tertiary/aromatic N) is 1. The third-order valence-electron chi connectivity index (χ3n) is 4.01. The predicted molar refractivity (Wildman–Crippen MR) is 78.4 cm³/mol. The molecule has 1 aliphatic carbocycles. The number of esters is 1. The van der Waals surface area contributed by atoms with Gasteiger partial charge in [-0.2, -0.15) is 0 Å². The summed E-state index contributed by atoms with van der Waals surface area (Å²) in [7, 11) is 1.31. The second-order valence-electron chi connectivity index (χ2n) is 5.73. The van der Waals surface area contributed by atoms with Crippen LogP contribution >= 0.6 is 11.3 Å². The number of anilines is 1. The van der Waals surface area contributed by atoms with Crippen molar-refractivity contribution in [3.63, 3.8) is 0 Å². The van der Waals surface area contributed by atoms with Gasteiger partial charge in [0.25, 0.3) is 0 Å². The van der Waals surface area contributed by atoms with Crippen LogP contribution in [0.1, 0.15) is 22.5 Å². The molecule has 21 heavy (non-hydrogen) atoms. The largest absolute Gasteiger partial charge is 0.465 e. The molecular formula is C14H18N2O4S. The number of carbonyl (C=O) groups is 2. The van der Waals surface area contributed by atoms with E-state index in [-0.39, 0.29) is 12.5 Å². The Morgan fingerprint density at radius 1 is 1.52 bits per heavy atom. The SMILES string of the molecule is COC(=O)c1sccc1NC(=O)CN1CC(O)(C2CC2)C1. The third-order valence-corrected chi connectivity index (χ3v) is 4.90. The molecule has 3 rings (SSSR count). The highest BCUT2D eigenvalue weighted by atomic mass is 32.1. The molecule has 0 radical (unpaired) electrons. The number of amides is 1. The molecule has 7 heteroatoms. The Balaban J connectivity index is 1.51. The van der Waals surface area contributed by atoms with Crippen LogP contribution in [-0.2, 0) is 9.53 Å². The molecule has 0 bridgehead atoms. The lowest BCUT2D eigenvalue weighted by Crippen LogP contribution is -2.64. The Morgan fingerprint density at radius 3 is 2.86 bits per heavy atom. The number of carbonyl (C=O) groups excluding carboxylic acids is 2. The van der Waals surface area contributed by atoms with Crippen LogP contribution in [0.25, 0.3) is 0 Å². The third kappa shape index (κ3) is 2.95. The summed E-state index contributed by atoms with van der Waals surface area (Å²) in [5.41, 5.74) is -0.102. The lowest BCUT2D eigenvalue weighted by Gasteiger charge is -2.46. The van der Waals surface area contributed by atoms with Crippen LogP contribution in [0.5, 0.6) is 0 Å². The maximum absolute atomic E-state index is 12.0. The molecule has 1 saturated heterocycles. The molecule has 1 amide bonds. The van der Waals surface area contributed by atoms with Crippen molar-refractivity contribution in [1.82, 2.24) is 4.90 Å². The van der Waals surface area contributed by atoms with E-state index in [0.717, 1.165) is 12.8 Å². The fourth-order valence-corrected chi connectivity index (χ4v) is 3.54. The van der Waals surface area contributed by atoms with Crippen LogP contribution in [0.15, 0.2) is 11.4 Å². The minimum atomic E-state index is -0.583. The van der Waals surface area contributed by atoms with Gasteiger partial charge in [0, 0.05) is 13.1 Å². The van der Waals surface area contributed by atoms with Gasteiger partial charge in [-0.25, -0.2) is 4.79 Å². The lowest BCUT2D eigenvalue weighted by molar-refractivity contribution is -0.132. The summed E-state index contributed by atoms with van der Waals surface area (Å²) in [6.07, 6.45) is 2.18. The van der Waals surface area contributed by atoms with Gasteiger partial charge >= 0.3 is 5.97 Å². The number of methoxy groups -OCH3 is 1. The maximum Gasteiger partial charge on any atom is 0.350 e. The summed E-state index contributed by atoms with van der Waals surface area (Å²) in [6.45, 7) is 1.34. The summed E-state index contributed by atoms with van der Waals surface area (Å²) < 4.78 is 4.67. The molecule has 114 valence electrons. The Kier molecular flexibility index (Phi) is 3.73. The number of rotatable bonds is 5. The number of thiophene rings is 1. The highest BCUT2D eigenvalue weighted by Gasteiger charge is 2.51. The Labute approximate surface area is 126 Å². The molecule has 0 spiro atoms. The Morgan fingerprint density at radius 2 is 2.24 bits per heavy atom. The number of nitrogens with one attached hydrogen (secondary N) is 1. The number of ether oxygens (including phenoxy) is 1. The van der Waals surface area contributed by atoms with Crippen LogP contribution in [0.2, 0.25) is 0 Å². The first-order valence-electron chi connectivity index (χ1n) is 6.92. The zero-order valence-electron chi connectivity index (χ0n) is 11.8. The van der Waals surface area contributed by atoms with Crippen molar-refractivity contribution in [2.45, 2.75) is 18.4 Å². The topological polar surface area (TPSA) is 78.9 Å². The van der Waals surface area contributed by atoms with Gasteiger partial charge in [0.2, 0.25) is 5.91 Å². The molecular weight excluding hydrogens is 292 g/mol. The fraction of sp³-hybridized carbons (Fsp3) is 0.571. The molecule has 0 unspecified atom stereocenters. The van der Waals surface area contributed by atoms with E-state index in [0.29, 0.717) is 29.6 Å². The average Bonchev–Trinajstić information content (AvgIpc) is 3.17. The van der Waals surface area contributed by atoms with Gasteiger partial charge in [0.15, 0.2) is 0 Å². The summed E-state index contributed by atoms with van der Waals surface area (Å²) >= 11 is 1.23. The average molecular weight is 310 g/mol. The summed E-state index contributed by atoms with van der Waals surface area (Å²) in [5.74, 6) is -0.219. The molecule has 2 fully saturated rings. The lowest BCUT2D eigenvalue weighted by atomic mass is 9.89. The summed E-state index contributed by atoms with van der Waals surface area (Å²) in [4.78, 5) is 25.8. The van der Waals surface area contributed by atoms with Crippen LogP contribution in [-0.4, -0.2) is 54.2 Å². The van der Waals surface area contributed by atoms with E-state index in [9.17, 15) is 14.7 Å². The van der Waals surface area contributed by atoms with E-state index in [4.69, 9.17) is 0 Å². The van der Waals surface area contributed by atoms with Crippen molar-refractivity contribution in [3.8, 4) is 0 Å². The number of hydrogen-bond donors (Lipinski definition) is 2. The van der Waals surface area contributed by atoms with Crippen LogP contribution in [0, 0.1) is 5.92 Å². The smallest absolute Gasteiger partial charge is 0.350 e. The van der Waals surface area contributed by atoms with Gasteiger partial charge in [-0.3, -0.25) is 9.69 Å². The molecule has 2 aliphatic rings. The molecule has 1 saturated carbocycles. The van der Waals surface area contributed by atoms with Crippen molar-refractivity contribution < 1.29 is 19.4 Å². The minimum Gasteiger partial charge on any atom is -0.465 e. The summed E-state index contributed by atoms with van der Waals surface area (Å²) in [6, 6.07) is 1.69. The number of hydrogen-bond acceptors (Lipinski definition) is 6. The van der Waals surface area contributed by atoms with Gasteiger partial charge in [-0.05, 0) is 30.2 Å². The van der Waals surface area contributed by atoms with Gasteiger partial charge in [-0.15, -0.1) is 11.3 Å². The molecule has 2 heterocycles. The van der Waals surface area contributed by atoms with E-state index >= 15 is 0 Å². The highest BCUT2D eigenvalue weighted by molar-refractivity contribution is 7.12. The van der Waals surface area contributed by atoms with E-state index < -0.39 is 11.6 Å². The molecule has 6 nitrogen and oxygen atoms in total. The van der Waals surface area contributed by atoms with Crippen molar-refractivity contribution in [2.75, 3.05) is 32.1 Å². The van der Waals surface area contributed by atoms with Crippen molar-refractivity contribution in [2.24, 2.45) is 5.92 Å². The van der Waals surface area contributed by atoms with E-state index in [1.54, 1.807) is 11.4 Å². The van der Waals surface area contributed by atoms with Crippen molar-refractivity contribution in [1.29, 1.82) is 0 Å². The Hall–Kier alpha value is -1.44. The molecule has 2 N–H and O–H groups in total. The normalized spacial score (nSPS) is 20.7. The van der Waals surface area contributed by atoms with Crippen molar-refractivity contribution >= 4 is 28.9 Å². The maximum atomic E-state index is 12.0. The van der Waals surface area contributed by atoms with E-state index in [1.807, 2.05) is 4.90 Å². The molecule has 0 aromatic carbocycles. The molecule has 1 aromatic rings. The van der Waals surface area contributed by atoms with Crippen LogP contribution < -0.4 is 5.32 Å². The number of likely N-dealkylation sites (tertiary alicyclic amines) is 1. The quantitative estimate of drug-likeness (QED) is 0.791. The van der Waals surface area contributed by atoms with Crippen molar-refractivity contribution in [3.05, 3.63) is 16.3 Å². The van der Waals surface area contributed by atoms with E-state index in [2.05, 4.69) is 10.1 Å². The fourth-order valence-electron chi connectivity index (χ4n) is 2.77. The minimum absolute atomic E-state index is 0.184. The highest BCUT2D eigenvalue weighted by Crippen LogP contribution is 2.44. The predicted octanol–water partition coefficient (Wildman–Crippen LogP) is 0.930. The number of β-amino-alcohol motifs (C(OH)–C–C–N with tert-alkyl or cyclic N) is 1. The van der Waals surface area contributed by atoms with Crippen LogP contribution in [0.3, 0.4) is 0 Å². The second kappa shape index (κ2) is 5.40. The van der Waals surface area contributed by atoms with Gasteiger partial charge in [-0.1, -0.05) is 0 Å².